The number of benzene rings is 1. The van der Waals surface area contributed by atoms with E-state index in [9.17, 15) is 9.18 Å². The monoisotopic (exact) mass is 292 g/mol. The van der Waals surface area contributed by atoms with Crippen LogP contribution in [-0.2, 0) is 0 Å². The van der Waals surface area contributed by atoms with Gasteiger partial charge in [-0.05, 0) is 44.4 Å². The van der Waals surface area contributed by atoms with Crippen LogP contribution < -0.4 is 5.32 Å². The standard InChI is InChI=1S/C17H25FN2O/c1-2-14-8-5-6-12-20(14)13-7-11-19-17(21)15-9-3-4-10-16(15)18/h3-4,9-10,14H,2,5-8,11-13H2,1H3,(H,19,21). The summed E-state index contributed by atoms with van der Waals surface area (Å²) in [5.41, 5.74) is 0.127. The van der Waals surface area contributed by atoms with E-state index in [4.69, 9.17) is 0 Å². The molecule has 1 saturated heterocycles. The van der Waals surface area contributed by atoms with Crippen LogP contribution in [0.5, 0.6) is 0 Å². The molecule has 1 unspecified atom stereocenters. The van der Waals surface area contributed by atoms with Crippen LogP contribution in [0.15, 0.2) is 24.3 Å². The number of hydrogen-bond donors (Lipinski definition) is 1. The van der Waals surface area contributed by atoms with Crippen molar-refractivity contribution in [3.63, 3.8) is 0 Å². The molecule has 116 valence electrons. The Bertz CT molecular complexity index is 464. The zero-order valence-corrected chi connectivity index (χ0v) is 12.8. The third-order valence-corrected chi connectivity index (χ3v) is 4.25. The third kappa shape index (κ3) is 4.53. The van der Waals surface area contributed by atoms with Crippen molar-refractivity contribution in [2.24, 2.45) is 0 Å². The van der Waals surface area contributed by atoms with E-state index in [-0.39, 0.29) is 11.5 Å². The number of hydrogen-bond acceptors (Lipinski definition) is 2. The zero-order valence-electron chi connectivity index (χ0n) is 12.8. The average Bonchev–Trinajstić information content (AvgIpc) is 2.52. The Kier molecular flexibility index (Phi) is 6.18. The summed E-state index contributed by atoms with van der Waals surface area (Å²) in [6.07, 6.45) is 6.01. The van der Waals surface area contributed by atoms with Crippen LogP contribution >= 0.6 is 0 Å². The first-order valence-corrected chi connectivity index (χ1v) is 7.99. The smallest absolute Gasteiger partial charge is 0.254 e. The van der Waals surface area contributed by atoms with Gasteiger partial charge in [-0.25, -0.2) is 4.39 Å². The largest absolute Gasteiger partial charge is 0.352 e. The van der Waals surface area contributed by atoms with Crippen LogP contribution in [0.4, 0.5) is 4.39 Å². The molecule has 3 nitrogen and oxygen atoms in total. The Morgan fingerprint density at radius 1 is 1.38 bits per heavy atom. The molecule has 21 heavy (non-hydrogen) atoms. The lowest BCUT2D eigenvalue weighted by Crippen LogP contribution is -2.40. The van der Waals surface area contributed by atoms with E-state index in [2.05, 4.69) is 17.1 Å². The predicted octanol–water partition coefficient (Wildman–Crippen LogP) is 3.21. The normalized spacial score (nSPS) is 19.4. The fourth-order valence-corrected chi connectivity index (χ4v) is 3.04. The fraction of sp³-hybridized carbons (Fsp3) is 0.588. The summed E-state index contributed by atoms with van der Waals surface area (Å²) in [6.45, 7) is 5.01. The molecule has 1 heterocycles. The Balaban J connectivity index is 1.72. The molecule has 1 aromatic rings. The number of carbonyl (C=O) groups excluding carboxylic acids is 1. The molecule has 4 heteroatoms. The van der Waals surface area contributed by atoms with E-state index in [1.807, 2.05) is 0 Å². The van der Waals surface area contributed by atoms with Gasteiger partial charge in [0.2, 0.25) is 0 Å². The molecule has 0 bridgehead atoms. The van der Waals surface area contributed by atoms with Crippen molar-refractivity contribution < 1.29 is 9.18 Å². The zero-order chi connectivity index (χ0) is 15.1. The second kappa shape index (κ2) is 8.13. The van der Waals surface area contributed by atoms with Crippen LogP contribution in [0, 0.1) is 5.82 Å². The Hall–Kier alpha value is -1.42. The van der Waals surface area contributed by atoms with E-state index >= 15 is 0 Å². The first-order valence-electron chi connectivity index (χ1n) is 7.99. The molecule has 1 N–H and O–H groups in total. The molecule has 1 aromatic carbocycles. The van der Waals surface area contributed by atoms with Crippen molar-refractivity contribution in [3.05, 3.63) is 35.6 Å². The van der Waals surface area contributed by atoms with Crippen molar-refractivity contribution in [3.8, 4) is 0 Å². The molecule has 1 aliphatic heterocycles. The molecule has 0 aromatic heterocycles. The van der Waals surface area contributed by atoms with Gasteiger partial charge >= 0.3 is 0 Å². The molecule has 0 spiro atoms. The van der Waals surface area contributed by atoms with Crippen LogP contribution in [0.3, 0.4) is 0 Å². The van der Waals surface area contributed by atoms with Gasteiger partial charge in [0, 0.05) is 19.1 Å². The quantitative estimate of drug-likeness (QED) is 0.817. The minimum Gasteiger partial charge on any atom is -0.352 e. The van der Waals surface area contributed by atoms with Gasteiger partial charge in [-0.3, -0.25) is 4.79 Å². The number of halogens is 1. The highest BCUT2D eigenvalue weighted by atomic mass is 19.1. The Morgan fingerprint density at radius 3 is 2.95 bits per heavy atom. The maximum atomic E-state index is 13.5. The summed E-state index contributed by atoms with van der Waals surface area (Å²) in [5, 5.41) is 2.81. The van der Waals surface area contributed by atoms with Crippen LogP contribution in [0.2, 0.25) is 0 Å². The second-order valence-corrected chi connectivity index (χ2v) is 5.68. The minimum absolute atomic E-state index is 0.127. The van der Waals surface area contributed by atoms with E-state index in [1.165, 1.54) is 44.4 Å². The second-order valence-electron chi connectivity index (χ2n) is 5.68. The van der Waals surface area contributed by atoms with E-state index < -0.39 is 5.82 Å². The van der Waals surface area contributed by atoms with E-state index in [0.29, 0.717) is 12.6 Å². The fourth-order valence-electron chi connectivity index (χ4n) is 3.04. The van der Waals surface area contributed by atoms with Gasteiger partial charge in [-0.15, -0.1) is 0 Å². The maximum absolute atomic E-state index is 13.5. The average molecular weight is 292 g/mol. The number of nitrogens with zero attached hydrogens (tertiary/aromatic N) is 1. The number of piperidine rings is 1. The summed E-state index contributed by atoms with van der Waals surface area (Å²) in [4.78, 5) is 14.4. The molecule has 1 aliphatic rings. The van der Waals surface area contributed by atoms with Crippen LogP contribution in [0.1, 0.15) is 49.4 Å². The summed E-state index contributed by atoms with van der Waals surface area (Å²) in [7, 11) is 0. The van der Waals surface area contributed by atoms with E-state index in [1.54, 1.807) is 12.1 Å². The van der Waals surface area contributed by atoms with Crippen molar-refractivity contribution in [2.75, 3.05) is 19.6 Å². The Labute approximate surface area is 126 Å². The van der Waals surface area contributed by atoms with Gasteiger partial charge in [-0.1, -0.05) is 25.5 Å². The molecule has 0 saturated carbocycles. The Morgan fingerprint density at radius 2 is 2.19 bits per heavy atom. The van der Waals surface area contributed by atoms with Gasteiger partial charge in [-0.2, -0.15) is 0 Å². The van der Waals surface area contributed by atoms with E-state index in [0.717, 1.165) is 13.0 Å². The summed E-state index contributed by atoms with van der Waals surface area (Å²) in [6, 6.07) is 6.79. The highest BCUT2D eigenvalue weighted by Crippen LogP contribution is 2.19. The highest BCUT2D eigenvalue weighted by Gasteiger charge is 2.20. The van der Waals surface area contributed by atoms with Crippen molar-refractivity contribution in [2.45, 2.75) is 45.1 Å². The van der Waals surface area contributed by atoms with Gasteiger partial charge in [0.05, 0.1) is 5.56 Å². The lowest BCUT2D eigenvalue weighted by molar-refractivity contribution is 0.0943. The molecule has 0 aliphatic carbocycles. The first-order chi connectivity index (χ1) is 10.2. The van der Waals surface area contributed by atoms with Crippen LogP contribution in [0.25, 0.3) is 0 Å². The lowest BCUT2D eigenvalue weighted by atomic mass is 10.00. The van der Waals surface area contributed by atoms with Crippen LogP contribution in [-0.4, -0.2) is 36.5 Å². The molecule has 1 amide bonds. The van der Waals surface area contributed by atoms with Gasteiger partial charge in [0.15, 0.2) is 0 Å². The minimum atomic E-state index is -0.461. The third-order valence-electron chi connectivity index (χ3n) is 4.25. The van der Waals surface area contributed by atoms with Gasteiger partial charge in [0.25, 0.3) is 5.91 Å². The van der Waals surface area contributed by atoms with Crippen molar-refractivity contribution >= 4 is 5.91 Å². The molecule has 1 atom stereocenters. The number of likely N-dealkylation sites (tertiary alicyclic amines) is 1. The van der Waals surface area contributed by atoms with Crippen molar-refractivity contribution in [1.82, 2.24) is 10.2 Å². The molecular formula is C17H25FN2O. The molecule has 1 fully saturated rings. The highest BCUT2D eigenvalue weighted by molar-refractivity contribution is 5.94. The summed E-state index contributed by atoms with van der Waals surface area (Å²) in [5.74, 6) is -0.782. The molecule has 0 radical (unpaired) electrons. The van der Waals surface area contributed by atoms with Gasteiger partial charge < -0.3 is 10.2 Å². The number of rotatable bonds is 6. The summed E-state index contributed by atoms with van der Waals surface area (Å²) >= 11 is 0. The lowest BCUT2D eigenvalue weighted by Gasteiger charge is -2.35. The van der Waals surface area contributed by atoms with Crippen molar-refractivity contribution in [1.29, 1.82) is 0 Å². The topological polar surface area (TPSA) is 32.3 Å². The number of nitrogens with one attached hydrogen (secondary N) is 1. The molecule has 2 rings (SSSR count). The SMILES string of the molecule is CCC1CCCCN1CCCNC(=O)c1ccccc1F. The first kappa shape index (κ1) is 16.0. The summed E-state index contributed by atoms with van der Waals surface area (Å²) < 4.78 is 13.5. The predicted molar refractivity (Wildman–Crippen MR) is 82.9 cm³/mol. The molecular weight excluding hydrogens is 267 g/mol. The van der Waals surface area contributed by atoms with Gasteiger partial charge in [0.1, 0.15) is 5.82 Å². The maximum Gasteiger partial charge on any atom is 0.254 e. The number of amides is 1. The number of carbonyl (C=O) groups is 1.